The van der Waals surface area contributed by atoms with Gasteiger partial charge in [-0.25, -0.2) is 4.18 Å². The molecule has 1 rings (SSSR count). The van der Waals surface area contributed by atoms with Crippen molar-refractivity contribution in [3.8, 4) is 0 Å². The van der Waals surface area contributed by atoms with Crippen molar-refractivity contribution in [3.05, 3.63) is 24.3 Å². The Morgan fingerprint density at radius 1 is 0.580 bits per heavy atom. The van der Waals surface area contributed by atoms with Crippen LogP contribution in [0.4, 0.5) is 0 Å². The van der Waals surface area contributed by atoms with Crippen LogP contribution in [0.25, 0.3) is 0 Å². The number of nitrogens with one attached hydrogen (secondary N) is 1. The molecular weight excluding hydrogens is 899 g/mol. The number of carbonyl (C=O) groups is 1. The van der Waals surface area contributed by atoms with Gasteiger partial charge < -0.3 is 40.3 Å². The van der Waals surface area contributed by atoms with Gasteiger partial charge in [-0.3, -0.25) is 9.35 Å². The highest BCUT2D eigenvalue weighted by atomic mass is 32.3. The van der Waals surface area contributed by atoms with Gasteiger partial charge in [0.2, 0.25) is 5.91 Å². The van der Waals surface area contributed by atoms with Crippen LogP contribution in [-0.4, -0.2) is 107 Å². The molecule has 0 saturated carbocycles. The molecule has 14 heteroatoms. The predicted molar refractivity (Wildman–Crippen MR) is 279 cm³/mol. The topological polar surface area (TPSA) is 212 Å². The average molecular weight is 1000 g/mol. The molecule has 0 aromatic heterocycles. The van der Waals surface area contributed by atoms with Crippen LogP contribution in [0.1, 0.15) is 258 Å². The van der Waals surface area contributed by atoms with E-state index in [4.69, 9.17) is 9.47 Å². The fourth-order valence-corrected chi connectivity index (χ4v) is 9.61. The summed E-state index contributed by atoms with van der Waals surface area (Å²) in [6, 6.07) is -1.12. The van der Waals surface area contributed by atoms with Crippen LogP contribution in [0.15, 0.2) is 24.3 Å². The van der Waals surface area contributed by atoms with E-state index in [1.807, 2.05) is 6.08 Å². The third-order valence-electron chi connectivity index (χ3n) is 13.6. The Kier molecular flexibility index (Phi) is 42.9. The molecule has 13 nitrogen and oxygen atoms in total. The Morgan fingerprint density at radius 2 is 0.957 bits per heavy atom. The molecule has 69 heavy (non-hydrogen) atoms. The first-order chi connectivity index (χ1) is 33.4. The van der Waals surface area contributed by atoms with Gasteiger partial charge in [0, 0.05) is 0 Å². The largest absolute Gasteiger partial charge is 0.397 e. The summed E-state index contributed by atoms with van der Waals surface area (Å²) in [5, 5.41) is 55.5. The number of unbranched alkanes of at least 4 members (excludes halogenated alkanes) is 34. The summed E-state index contributed by atoms with van der Waals surface area (Å²) in [7, 11) is -5.12. The minimum atomic E-state index is -5.12. The van der Waals surface area contributed by atoms with E-state index in [9.17, 15) is 43.3 Å². The number of hydrogen-bond donors (Lipinski definition) is 7. The molecule has 408 valence electrons. The Labute approximate surface area is 421 Å². The van der Waals surface area contributed by atoms with Crippen molar-refractivity contribution in [2.45, 2.75) is 307 Å². The smallest absolute Gasteiger partial charge is 0.394 e. The standard InChI is InChI=1S/C55H105NO12S/c1-3-5-7-9-11-13-15-17-19-21-23-24-26-28-30-32-34-36-38-40-42-44-49(59)54(62)56-47(46-66-55-52(61)53(68-69(63,64)65)51(60)50(45-57)67-55)48(58)43-41-39-37-35-33-31-29-27-25-22-20-18-16-14-12-10-8-6-4-2/h26,28,41,43,47-53,55,57-61H,3-25,27,29-40,42,44-46H2,1-2H3,(H,56,62)(H,63,64,65)/b28-26-,43-41+. The van der Waals surface area contributed by atoms with Crippen molar-refractivity contribution >= 4 is 16.3 Å². The van der Waals surface area contributed by atoms with Gasteiger partial charge in [-0.05, 0) is 44.9 Å². The second kappa shape index (κ2) is 45.2. The zero-order chi connectivity index (χ0) is 50.6. The average Bonchev–Trinajstić information content (AvgIpc) is 3.32. The third-order valence-corrected chi connectivity index (χ3v) is 14.0. The summed E-state index contributed by atoms with van der Waals surface area (Å²) in [4.78, 5) is 13.2. The fraction of sp³-hybridized carbons (Fsp3) is 0.909. The van der Waals surface area contributed by atoms with Gasteiger partial charge in [-0.1, -0.05) is 237 Å². The van der Waals surface area contributed by atoms with Crippen LogP contribution in [-0.2, 0) is 28.9 Å². The lowest BCUT2D eigenvalue weighted by Gasteiger charge is -2.41. The third kappa shape index (κ3) is 37.0. The molecule has 7 N–H and O–H groups in total. The summed E-state index contributed by atoms with van der Waals surface area (Å²) >= 11 is 0. The number of hydrogen-bond acceptors (Lipinski definition) is 11. The molecule has 0 radical (unpaired) electrons. The quantitative estimate of drug-likeness (QED) is 0.0172. The van der Waals surface area contributed by atoms with Crippen molar-refractivity contribution in [3.63, 3.8) is 0 Å². The minimum Gasteiger partial charge on any atom is -0.394 e. The van der Waals surface area contributed by atoms with E-state index in [2.05, 4.69) is 35.5 Å². The van der Waals surface area contributed by atoms with Crippen molar-refractivity contribution in [1.29, 1.82) is 0 Å². The summed E-state index contributed by atoms with van der Waals surface area (Å²) in [5.41, 5.74) is 0. The summed E-state index contributed by atoms with van der Waals surface area (Å²) in [6.07, 6.45) is 42.5. The highest BCUT2D eigenvalue weighted by Gasteiger charge is 2.48. The second-order valence-corrected chi connectivity index (χ2v) is 21.1. The maximum Gasteiger partial charge on any atom is 0.397 e. The maximum absolute atomic E-state index is 13.2. The predicted octanol–water partition coefficient (Wildman–Crippen LogP) is 11.8. The fourth-order valence-electron chi connectivity index (χ4n) is 9.10. The van der Waals surface area contributed by atoms with Crippen LogP contribution in [0.3, 0.4) is 0 Å². The first-order valence-electron chi connectivity index (χ1n) is 28.3. The lowest BCUT2D eigenvalue weighted by molar-refractivity contribution is -0.298. The molecule has 0 bridgehead atoms. The van der Waals surface area contributed by atoms with Crippen molar-refractivity contribution in [2.75, 3.05) is 13.2 Å². The Hall–Kier alpha value is -1.46. The van der Waals surface area contributed by atoms with Crippen LogP contribution < -0.4 is 5.32 Å². The van der Waals surface area contributed by atoms with Crippen molar-refractivity contribution in [1.82, 2.24) is 5.32 Å². The molecule has 0 aromatic rings. The Balaban J connectivity index is 2.46. The number of rotatable bonds is 49. The number of aliphatic hydroxyl groups is 5. The first-order valence-corrected chi connectivity index (χ1v) is 29.7. The van der Waals surface area contributed by atoms with E-state index < -0.39 is 78.5 Å². The van der Waals surface area contributed by atoms with E-state index in [0.717, 1.165) is 57.8 Å². The van der Waals surface area contributed by atoms with Crippen molar-refractivity contribution in [2.24, 2.45) is 0 Å². The normalized spacial score (nSPS) is 20.3. The zero-order valence-electron chi connectivity index (χ0n) is 43.8. The Bertz CT molecular complexity index is 1340. The minimum absolute atomic E-state index is 0.238. The van der Waals surface area contributed by atoms with Crippen LogP contribution >= 0.6 is 0 Å². The number of carbonyl (C=O) groups excluding carboxylic acids is 1. The zero-order valence-corrected chi connectivity index (χ0v) is 44.6. The number of amides is 1. The summed E-state index contributed by atoms with van der Waals surface area (Å²) in [5.74, 6) is -0.703. The van der Waals surface area contributed by atoms with Gasteiger partial charge in [-0.15, -0.1) is 0 Å². The lowest BCUT2D eigenvalue weighted by atomic mass is 9.99. The van der Waals surface area contributed by atoms with Crippen LogP contribution in [0.2, 0.25) is 0 Å². The summed E-state index contributed by atoms with van der Waals surface area (Å²) < 4.78 is 47.7. The molecule has 1 saturated heterocycles. The number of allylic oxidation sites excluding steroid dienone is 3. The van der Waals surface area contributed by atoms with Gasteiger partial charge >= 0.3 is 10.4 Å². The molecule has 1 aliphatic rings. The first kappa shape index (κ1) is 65.6. The Morgan fingerprint density at radius 3 is 1.35 bits per heavy atom. The maximum atomic E-state index is 13.2. The molecule has 1 heterocycles. The number of aliphatic hydroxyl groups excluding tert-OH is 5. The van der Waals surface area contributed by atoms with Gasteiger partial charge in [0.05, 0.1) is 25.4 Å². The highest BCUT2D eigenvalue weighted by molar-refractivity contribution is 7.80. The molecule has 0 aromatic carbocycles. The van der Waals surface area contributed by atoms with Gasteiger partial charge in [-0.2, -0.15) is 8.42 Å². The van der Waals surface area contributed by atoms with E-state index in [1.54, 1.807) is 6.08 Å². The molecule has 0 aliphatic carbocycles. The van der Waals surface area contributed by atoms with Gasteiger partial charge in [0.25, 0.3) is 0 Å². The molecule has 1 aliphatic heterocycles. The SMILES string of the molecule is CCCCCCCCCCCCC/C=C\CCCCCCCCC(O)C(=O)NC(COC1OC(CO)C(O)C(OS(=O)(=O)O)C1O)C(O)/C=C/CCCCCCCCCCCCCCCCCCC. The summed E-state index contributed by atoms with van der Waals surface area (Å²) in [6.45, 7) is 3.26. The molecule has 8 atom stereocenters. The van der Waals surface area contributed by atoms with Crippen LogP contribution in [0, 0.1) is 0 Å². The van der Waals surface area contributed by atoms with Gasteiger partial charge in [0.15, 0.2) is 6.29 Å². The van der Waals surface area contributed by atoms with Crippen molar-refractivity contribution < 1.29 is 57.0 Å². The molecular formula is C55H105NO12S. The second-order valence-electron chi connectivity index (χ2n) is 20.0. The highest BCUT2D eigenvalue weighted by Crippen LogP contribution is 2.26. The molecule has 0 spiro atoms. The van der Waals surface area contributed by atoms with E-state index >= 15 is 0 Å². The van der Waals surface area contributed by atoms with E-state index in [1.165, 1.54) is 167 Å². The lowest BCUT2D eigenvalue weighted by Crippen LogP contribution is -2.61. The monoisotopic (exact) mass is 1000 g/mol. The number of ether oxygens (including phenoxy) is 2. The van der Waals surface area contributed by atoms with Crippen LogP contribution in [0.5, 0.6) is 0 Å². The van der Waals surface area contributed by atoms with Gasteiger partial charge in [0.1, 0.15) is 30.5 Å². The van der Waals surface area contributed by atoms with E-state index in [0.29, 0.717) is 12.8 Å². The van der Waals surface area contributed by atoms with E-state index in [-0.39, 0.29) is 6.42 Å². The molecule has 8 unspecified atom stereocenters. The molecule has 1 fully saturated rings. The molecule has 1 amide bonds.